The van der Waals surface area contributed by atoms with Crippen molar-refractivity contribution in [3.63, 3.8) is 0 Å². The van der Waals surface area contributed by atoms with Crippen LogP contribution in [0.25, 0.3) is 28.3 Å². The zero-order valence-corrected chi connectivity index (χ0v) is 18.1. The first-order valence-electron chi connectivity index (χ1n) is 9.84. The largest absolute Gasteiger partial charge is 0.324 e. The molecule has 0 aliphatic rings. The van der Waals surface area contributed by atoms with Crippen molar-refractivity contribution in [2.45, 2.75) is 0 Å². The summed E-state index contributed by atoms with van der Waals surface area (Å²) in [4.78, 5) is 9.10. The number of halogens is 1. The van der Waals surface area contributed by atoms with Crippen molar-refractivity contribution in [2.24, 2.45) is 0 Å². The van der Waals surface area contributed by atoms with E-state index in [0.29, 0.717) is 11.8 Å². The maximum absolute atomic E-state index is 4.93. The number of rotatable bonds is 5. The Morgan fingerprint density at radius 3 is 2.00 bits per heavy atom. The van der Waals surface area contributed by atoms with Gasteiger partial charge in [0.25, 0.3) is 0 Å². The zero-order valence-electron chi connectivity index (χ0n) is 16.5. The van der Waals surface area contributed by atoms with Gasteiger partial charge in [-0.25, -0.2) is 9.67 Å². The van der Waals surface area contributed by atoms with Crippen molar-refractivity contribution in [3.05, 3.63) is 108 Å². The molecule has 0 spiro atoms. The SMILES string of the molecule is Brc1c(-c2ccccc2)nn(-c2ccnc(Nc3ccccc3)n2)c1-c1ccccc1. The second-order valence-corrected chi connectivity index (χ2v) is 7.68. The Labute approximate surface area is 188 Å². The Morgan fingerprint density at radius 2 is 1.32 bits per heavy atom. The molecule has 0 bridgehead atoms. The molecule has 150 valence electrons. The molecule has 5 rings (SSSR count). The minimum atomic E-state index is 0.510. The molecule has 0 saturated carbocycles. The molecule has 3 aromatic carbocycles. The number of aromatic nitrogens is 4. The predicted octanol–water partition coefficient (Wildman–Crippen LogP) is 6.50. The second kappa shape index (κ2) is 8.53. The molecule has 5 aromatic rings. The van der Waals surface area contributed by atoms with Gasteiger partial charge in [0.2, 0.25) is 5.95 Å². The number of hydrogen-bond acceptors (Lipinski definition) is 4. The maximum atomic E-state index is 4.93. The Morgan fingerprint density at radius 1 is 0.710 bits per heavy atom. The van der Waals surface area contributed by atoms with Gasteiger partial charge in [0.15, 0.2) is 5.82 Å². The van der Waals surface area contributed by atoms with E-state index in [1.165, 1.54) is 0 Å². The normalized spacial score (nSPS) is 10.7. The van der Waals surface area contributed by atoms with E-state index in [2.05, 4.69) is 50.5 Å². The second-order valence-electron chi connectivity index (χ2n) is 6.88. The van der Waals surface area contributed by atoms with Crippen molar-refractivity contribution < 1.29 is 0 Å². The van der Waals surface area contributed by atoms with Gasteiger partial charge in [-0.1, -0.05) is 78.9 Å². The fourth-order valence-electron chi connectivity index (χ4n) is 3.37. The molecule has 0 saturated heterocycles. The van der Waals surface area contributed by atoms with Gasteiger partial charge >= 0.3 is 0 Å². The lowest BCUT2D eigenvalue weighted by atomic mass is 10.1. The average molecular weight is 468 g/mol. The van der Waals surface area contributed by atoms with Gasteiger partial charge < -0.3 is 5.32 Å². The number of benzene rings is 3. The standard InChI is InChI=1S/C25H18BrN5/c26-22-23(18-10-4-1-5-11-18)30-31(24(22)19-12-6-2-7-13-19)21-16-17-27-25(29-21)28-20-14-8-3-9-15-20/h1-17H,(H,27,28,29). The molecule has 31 heavy (non-hydrogen) atoms. The van der Waals surface area contributed by atoms with Gasteiger partial charge in [0.1, 0.15) is 5.69 Å². The van der Waals surface area contributed by atoms with Crippen molar-refractivity contribution in [1.29, 1.82) is 0 Å². The first kappa shape index (κ1) is 19.2. The number of para-hydroxylation sites is 1. The molecule has 5 nitrogen and oxygen atoms in total. The summed E-state index contributed by atoms with van der Waals surface area (Å²) in [6.45, 7) is 0. The summed E-state index contributed by atoms with van der Waals surface area (Å²) in [6.07, 6.45) is 1.74. The highest BCUT2D eigenvalue weighted by Crippen LogP contribution is 2.37. The molecule has 6 heteroatoms. The molecular formula is C25H18BrN5. The van der Waals surface area contributed by atoms with Crippen LogP contribution in [0.2, 0.25) is 0 Å². The molecule has 1 N–H and O–H groups in total. The van der Waals surface area contributed by atoms with Gasteiger partial charge in [-0.2, -0.15) is 10.1 Å². The first-order chi connectivity index (χ1) is 15.3. The Kier molecular flexibility index (Phi) is 5.29. The van der Waals surface area contributed by atoms with Crippen LogP contribution in [0.3, 0.4) is 0 Å². The van der Waals surface area contributed by atoms with Gasteiger partial charge in [-0.15, -0.1) is 0 Å². The van der Waals surface area contributed by atoms with E-state index < -0.39 is 0 Å². The van der Waals surface area contributed by atoms with E-state index in [4.69, 9.17) is 10.1 Å². The lowest BCUT2D eigenvalue weighted by Crippen LogP contribution is -2.05. The molecule has 0 unspecified atom stereocenters. The predicted molar refractivity (Wildman–Crippen MR) is 127 cm³/mol. The van der Waals surface area contributed by atoms with Crippen molar-refractivity contribution in [1.82, 2.24) is 19.7 Å². The van der Waals surface area contributed by atoms with Crippen LogP contribution in [0, 0.1) is 0 Å². The third-order valence-corrected chi connectivity index (χ3v) is 5.56. The summed E-state index contributed by atoms with van der Waals surface area (Å²) in [5, 5.41) is 8.18. The Balaban J connectivity index is 1.64. The maximum Gasteiger partial charge on any atom is 0.229 e. The van der Waals surface area contributed by atoms with E-state index in [9.17, 15) is 0 Å². The summed E-state index contributed by atoms with van der Waals surface area (Å²) in [7, 11) is 0. The van der Waals surface area contributed by atoms with Gasteiger partial charge in [-0.05, 0) is 28.1 Å². The van der Waals surface area contributed by atoms with Crippen LogP contribution in [-0.4, -0.2) is 19.7 Å². The summed E-state index contributed by atoms with van der Waals surface area (Å²) in [5.41, 5.74) is 4.79. The highest BCUT2D eigenvalue weighted by molar-refractivity contribution is 9.10. The van der Waals surface area contributed by atoms with Crippen LogP contribution >= 0.6 is 15.9 Å². The molecule has 0 radical (unpaired) electrons. The molecular weight excluding hydrogens is 450 g/mol. The van der Waals surface area contributed by atoms with Gasteiger partial charge in [0, 0.05) is 29.1 Å². The fourth-order valence-corrected chi connectivity index (χ4v) is 4.07. The topological polar surface area (TPSA) is 55.6 Å². The van der Waals surface area contributed by atoms with Crippen LogP contribution in [0.4, 0.5) is 11.6 Å². The summed E-state index contributed by atoms with van der Waals surface area (Å²) in [5.74, 6) is 1.19. The van der Waals surface area contributed by atoms with Gasteiger partial charge in [0.05, 0.1) is 10.2 Å². The number of nitrogens with zero attached hydrogens (tertiary/aromatic N) is 4. The monoisotopic (exact) mass is 467 g/mol. The number of nitrogens with one attached hydrogen (secondary N) is 1. The Bertz CT molecular complexity index is 1300. The van der Waals surface area contributed by atoms with E-state index >= 15 is 0 Å². The summed E-state index contributed by atoms with van der Waals surface area (Å²) < 4.78 is 2.78. The lowest BCUT2D eigenvalue weighted by Gasteiger charge is -2.09. The van der Waals surface area contributed by atoms with Crippen molar-refractivity contribution >= 4 is 27.6 Å². The van der Waals surface area contributed by atoms with E-state index in [0.717, 1.165) is 32.7 Å². The third-order valence-electron chi connectivity index (χ3n) is 4.81. The summed E-state index contributed by atoms with van der Waals surface area (Å²) in [6, 6.07) is 32.0. The molecule has 2 heterocycles. The van der Waals surface area contributed by atoms with Crippen LogP contribution in [-0.2, 0) is 0 Å². The molecule has 0 atom stereocenters. The number of hydrogen-bond donors (Lipinski definition) is 1. The first-order valence-corrected chi connectivity index (χ1v) is 10.6. The van der Waals surface area contributed by atoms with Gasteiger partial charge in [-0.3, -0.25) is 0 Å². The highest BCUT2D eigenvalue weighted by atomic mass is 79.9. The van der Waals surface area contributed by atoms with E-state index in [-0.39, 0.29) is 0 Å². The van der Waals surface area contributed by atoms with Crippen molar-refractivity contribution in [3.8, 4) is 28.3 Å². The molecule has 0 aliphatic carbocycles. The van der Waals surface area contributed by atoms with Crippen LogP contribution < -0.4 is 5.32 Å². The molecule has 0 fully saturated rings. The lowest BCUT2D eigenvalue weighted by molar-refractivity contribution is 0.852. The minimum Gasteiger partial charge on any atom is -0.324 e. The smallest absolute Gasteiger partial charge is 0.229 e. The van der Waals surface area contributed by atoms with Crippen molar-refractivity contribution in [2.75, 3.05) is 5.32 Å². The number of anilines is 2. The van der Waals surface area contributed by atoms with E-state index in [1.54, 1.807) is 6.20 Å². The van der Waals surface area contributed by atoms with Crippen LogP contribution in [0.15, 0.2) is 108 Å². The third kappa shape index (κ3) is 3.98. The van der Waals surface area contributed by atoms with Crippen LogP contribution in [0.5, 0.6) is 0 Å². The Hall–Kier alpha value is -3.77. The highest BCUT2D eigenvalue weighted by Gasteiger charge is 2.20. The molecule has 2 aromatic heterocycles. The molecule has 0 amide bonds. The average Bonchev–Trinajstić information content (AvgIpc) is 3.18. The fraction of sp³-hybridized carbons (Fsp3) is 0. The van der Waals surface area contributed by atoms with Crippen LogP contribution in [0.1, 0.15) is 0 Å². The minimum absolute atomic E-state index is 0.510. The molecule has 0 aliphatic heterocycles. The van der Waals surface area contributed by atoms with E-state index in [1.807, 2.05) is 77.5 Å². The zero-order chi connectivity index (χ0) is 21.0. The quantitative estimate of drug-likeness (QED) is 0.320. The summed E-state index contributed by atoms with van der Waals surface area (Å²) >= 11 is 3.80.